The minimum absolute atomic E-state index is 0.219. The number of aryl methyl sites for hydroxylation is 1. The van der Waals surface area contributed by atoms with Crippen LogP contribution in [0, 0.1) is 6.92 Å². The Balaban J connectivity index is 1.46. The second-order valence-corrected chi connectivity index (χ2v) is 9.00. The maximum Gasteiger partial charge on any atom is 0.268 e. The highest BCUT2D eigenvalue weighted by Gasteiger charge is 2.22. The molecule has 0 spiro atoms. The Kier molecular flexibility index (Phi) is 5.47. The molecule has 0 saturated carbocycles. The SMILES string of the molecule is C=CCn1c(=O)c(C(=O)Nc2ccc(-c3nc4ccc(C)cc4s3)cc2)c(O)c2ccccc21. The fraction of sp³-hybridized carbons (Fsp3) is 0.0741. The molecule has 0 atom stereocenters. The molecule has 1 amide bonds. The van der Waals surface area contributed by atoms with Crippen molar-refractivity contribution in [2.75, 3.05) is 5.32 Å². The Hall–Kier alpha value is -4.23. The number of carbonyl (C=O) groups excluding carboxylic acids is 1. The third-order valence-electron chi connectivity index (χ3n) is 5.62. The molecular formula is C27H21N3O3S. The fourth-order valence-electron chi connectivity index (χ4n) is 3.95. The Morgan fingerprint density at radius 1 is 1.15 bits per heavy atom. The molecule has 0 aliphatic carbocycles. The van der Waals surface area contributed by atoms with Crippen molar-refractivity contribution >= 4 is 44.1 Å². The molecule has 34 heavy (non-hydrogen) atoms. The second-order valence-electron chi connectivity index (χ2n) is 7.97. The predicted octanol–water partition coefficient (Wildman–Crippen LogP) is 5.73. The molecule has 0 unspecified atom stereocenters. The van der Waals surface area contributed by atoms with Gasteiger partial charge in [-0.05, 0) is 61.0 Å². The topological polar surface area (TPSA) is 84.2 Å². The summed E-state index contributed by atoms with van der Waals surface area (Å²) in [5.41, 5.74) is 3.24. The lowest BCUT2D eigenvalue weighted by Crippen LogP contribution is -2.29. The van der Waals surface area contributed by atoms with E-state index >= 15 is 0 Å². The molecule has 6 nitrogen and oxygen atoms in total. The molecule has 5 aromatic rings. The minimum atomic E-state index is -0.672. The molecule has 5 rings (SSSR count). The van der Waals surface area contributed by atoms with Crippen molar-refractivity contribution in [1.82, 2.24) is 9.55 Å². The monoisotopic (exact) mass is 467 g/mol. The summed E-state index contributed by atoms with van der Waals surface area (Å²) in [6.07, 6.45) is 1.58. The molecule has 7 heteroatoms. The summed E-state index contributed by atoms with van der Waals surface area (Å²) >= 11 is 1.61. The number of para-hydroxylation sites is 1. The molecule has 0 aliphatic rings. The first-order chi connectivity index (χ1) is 16.5. The highest BCUT2D eigenvalue weighted by molar-refractivity contribution is 7.21. The Morgan fingerprint density at radius 3 is 2.68 bits per heavy atom. The number of benzene rings is 3. The van der Waals surface area contributed by atoms with Gasteiger partial charge in [-0.2, -0.15) is 0 Å². The van der Waals surface area contributed by atoms with E-state index in [4.69, 9.17) is 0 Å². The van der Waals surface area contributed by atoms with Crippen LogP contribution in [0.2, 0.25) is 0 Å². The number of hydrogen-bond acceptors (Lipinski definition) is 5. The Labute approximate surface area is 199 Å². The summed E-state index contributed by atoms with van der Waals surface area (Å²) in [6.45, 7) is 5.96. The van der Waals surface area contributed by atoms with Crippen LogP contribution < -0.4 is 10.9 Å². The number of nitrogens with zero attached hydrogens (tertiary/aromatic N) is 2. The normalized spacial score (nSPS) is 11.1. The molecule has 0 aliphatic heterocycles. The van der Waals surface area contributed by atoms with Crippen LogP contribution in [-0.4, -0.2) is 20.6 Å². The average Bonchev–Trinajstić information content (AvgIpc) is 3.25. The van der Waals surface area contributed by atoms with Crippen LogP contribution >= 0.6 is 11.3 Å². The number of nitrogens with one attached hydrogen (secondary N) is 1. The van der Waals surface area contributed by atoms with Gasteiger partial charge in [0.25, 0.3) is 11.5 Å². The summed E-state index contributed by atoms with van der Waals surface area (Å²) in [5, 5.41) is 14.8. The van der Waals surface area contributed by atoms with Gasteiger partial charge in [-0.1, -0.05) is 24.3 Å². The van der Waals surface area contributed by atoms with Crippen molar-refractivity contribution in [2.24, 2.45) is 0 Å². The maximum absolute atomic E-state index is 13.1. The van der Waals surface area contributed by atoms with Crippen LogP contribution in [0.3, 0.4) is 0 Å². The number of aromatic nitrogens is 2. The second kappa shape index (κ2) is 8.61. The van der Waals surface area contributed by atoms with Gasteiger partial charge >= 0.3 is 0 Å². The standard InChI is InChI=1S/C27H21N3O3S/c1-3-14-30-21-7-5-4-6-19(21)24(31)23(27(30)33)25(32)28-18-11-9-17(10-12-18)26-29-20-13-8-16(2)15-22(20)34-26/h3-13,15,31H,1,14H2,2H3,(H,28,32). The van der Waals surface area contributed by atoms with Crippen molar-refractivity contribution < 1.29 is 9.90 Å². The van der Waals surface area contributed by atoms with Crippen LogP contribution in [0.15, 0.2) is 84.2 Å². The third kappa shape index (κ3) is 3.76. The van der Waals surface area contributed by atoms with Crippen LogP contribution in [0.5, 0.6) is 5.75 Å². The van der Waals surface area contributed by atoms with Crippen molar-refractivity contribution in [3.63, 3.8) is 0 Å². The number of aromatic hydroxyl groups is 1. The molecular weight excluding hydrogens is 446 g/mol. The summed E-state index contributed by atoms with van der Waals surface area (Å²) in [7, 11) is 0. The van der Waals surface area contributed by atoms with Gasteiger partial charge in [-0.25, -0.2) is 4.98 Å². The van der Waals surface area contributed by atoms with E-state index in [-0.39, 0.29) is 17.9 Å². The fourth-order valence-corrected chi connectivity index (χ4v) is 5.02. The zero-order valence-electron chi connectivity index (χ0n) is 18.4. The molecule has 0 radical (unpaired) electrons. The van der Waals surface area contributed by atoms with E-state index in [1.807, 2.05) is 24.3 Å². The largest absolute Gasteiger partial charge is 0.506 e. The maximum atomic E-state index is 13.1. The Bertz CT molecular complexity index is 1630. The average molecular weight is 468 g/mol. The molecule has 2 aromatic heterocycles. The van der Waals surface area contributed by atoms with Crippen LogP contribution in [0.1, 0.15) is 15.9 Å². The first-order valence-electron chi connectivity index (χ1n) is 10.7. The zero-order valence-corrected chi connectivity index (χ0v) is 19.2. The lowest BCUT2D eigenvalue weighted by Gasteiger charge is -2.14. The van der Waals surface area contributed by atoms with Gasteiger partial charge in [-0.15, -0.1) is 17.9 Å². The van der Waals surface area contributed by atoms with E-state index in [9.17, 15) is 14.7 Å². The van der Waals surface area contributed by atoms with Crippen LogP contribution in [0.25, 0.3) is 31.7 Å². The molecule has 168 valence electrons. The summed E-state index contributed by atoms with van der Waals surface area (Å²) in [4.78, 5) is 30.8. The van der Waals surface area contributed by atoms with E-state index in [1.54, 1.807) is 53.8 Å². The molecule has 0 bridgehead atoms. The van der Waals surface area contributed by atoms with Gasteiger partial charge in [0.05, 0.1) is 15.7 Å². The molecule has 0 saturated heterocycles. The first-order valence-corrected chi connectivity index (χ1v) is 11.5. The van der Waals surface area contributed by atoms with Gasteiger partial charge in [0.1, 0.15) is 16.3 Å². The summed E-state index contributed by atoms with van der Waals surface area (Å²) in [6, 6.07) is 20.3. The van der Waals surface area contributed by atoms with E-state index in [2.05, 4.69) is 29.9 Å². The molecule has 3 aromatic carbocycles. The summed E-state index contributed by atoms with van der Waals surface area (Å²) < 4.78 is 2.55. The van der Waals surface area contributed by atoms with E-state index in [1.165, 1.54) is 10.1 Å². The number of amides is 1. The quantitative estimate of drug-likeness (QED) is 0.323. The minimum Gasteiger partial charge on any atom is -0.506 e. The number of anilines is 1. The van der Waals surface area contributed by atoms with Gasteiger partial charge < -0.3 is 15.0 Å². The van der Waals surface area contributed by atoms with Gasteiger partial charge in [0, 0.05) is 23.2 Å². The first kappa shape index (κ1) is 21.6. The van der Waals surface area contributed by atoms with E-state index in [0.29, 0.717) is 16.6 Å². The smallest absolute Gasteiger partial charge is 0.268 e. The van der Waals surface area contributed by atoms with E-state index in [0.717, 1.165) is 20.8 Å². The van der Waals surface area contributed by atoms with Crippen molar-refractivity contribution in [3.05, 3.63) is 101 Å². The number of pyridine rings is 1. The molecule has 0 fully saturated rings. The lowest BCUT2D eigenvalue weighted by atomic mass is 10.1. The Morgan fingerprint density at radius 2 is 1.91 bits per heavy atom. The van der Waals surface area contributed by atoms with Crippen molar-refractivity contribution in [2.45, 2.75) is 13.5 Å². The molecule has 2 heterocycles. The van der Waals surface area contributed by atoms with Crippen molar-refractivity contribution in [1.29, 1.82) is 0 Å². The van der Waals surface area contributed by atoms with Gasteiger partial charge in [0.2, 0.25) is 0 Å². The summed E-state index contributed by atoms with van der Waals surface area (Å²) in [5.74, 6) is -1.01. The zero-order chi connectivity index (χ0) is 23.8. The van der Waals surface area contributed by atoms with E-state index < -0.39 is 11.5 Å². The van der Waals surface area contributed by atoms with Crippen LogP contribution in [-0.2, 0) is 6.54 Å². The number of fused-ring (bicyclic) bond motifs is 2. The number of allylic oxidation sites excluding steroid dienone is 1. The van der Waals surface area contributed by atoms with Crippen LogP contribution in [0.4, 0.5) is 5.69 Å². The number of thiazole rings is 1. The van der Waals surface area contributed by atoms with Crippen molar-refractivity contribution in [3.8, 4) is 16.3 Å². The molecule has 2 N–H and O–H groups in total. The third-order valence-corrected chi connectivity index (χ3v) is 6.69. The number of carbonyl (C=O) groups is 1. The highest BCUT2D eigenvalue weighted by Crippen LogP contribution is 2.32. The predicted molar refractivity (Wildman–Crippen MR) is 138 cm³/mol. The lowest BCUT2D eigenvalue weighted by molar-refractivity contribution is 0.102. The van der Waals surface area contributed by atoms with Gasteiger partial charge in [-0.3, -0.25) is 9.59 Å². The number of rotatable bonds is 5. The highest BCUT2D eigenvalue weighted by atomic mass is 32.1. The number of hydrogen-bond donors (Lipinski definition) is 2. The van der Waals surface area contributed by atoms with Gasteiger partial charge in [0.15, 0.2) is 0 Å².